The predicted octanol–water partition coefficient (Wildman–Crippen LogP) is 6.63. The van der Waals surface area contributed by atoms with Gasteiger partial charge >= 0.3 is 0 Å². The van der Waals surface area contributed by atoms with Crippen molar-refractivity contribution in [2.24, 2.45) is 0 Å². The van der Waals surface area contributed by atoms with E-state index in [1.807, 2.05) is 0 Å². The molecule has 30 heavy (non-hydrogen) atoms. The van der Waals surface area contributed by atoms with Crippen molar-refractivity contribution in [1.29, 1.82) is 0 Å². The number of carbonyl (C=O) groups is 2. The molecule has 4 rings (SSSR count). The molecule has 0 radical (unpaired) electrons. The third kappa shape index (κ3) is 4.05. The molecule has 9 heteroatoms. The molecule has 0 fully saturated rings. The number of amides is 2. The van der Waals surface area contributed by atoms with Crippen LogP contribution in [0.1, 0.15) is 37.9 Å². The summed E-state index contributed by atoms with van der Waals surface area (Å²) in [5.74, 6) is -1.32. The molecule has 4 nitrogen and oxygen atoms in total. The Kier molecular flexibility index (Phi) is 5.77. The number of carbonyl (C=O) groups excluding carboxylic acids is 2. The molecule has 1 unspecified atom stereocenters. The highest BCUT2D eigenvalue weighted by molar-refractivity contribution is 9.10. The average Bonchev–Trinajstić information content (AvgIpc) is 2.99. The quantitative estimate of drug-likeness (QED) is 0.401. The summed E-state index contributed by atoms with van der Waals surface area (Å²) in [4.78, 5) is 25.4. The standard InChI is InChI=1S/C21H11BrCl3FN2O2/c22-10-5-15-18(19(28-21(15)30)14-8-13(26)1-2-16(14)25)17(6-10)27-20(29)9-3-11(23)7-12(24)4-9/h1-8,19H,(H,27,29)(H,28,30). The molecule has 1 aliphatic heterocycles. The van der Waals surface area contributed by atoms with Crippen molar-refractivity contribution in [1.82, 2.24) is 5.32 Å². The zero-order chi connectivity index (χ0) is 21.6. The Morgan fingerprint density at radius 2 is 1.73 bits per heavy atom. The lowest BCUT2D eigenvalue weighted by atomic mass is 9.96. The molecular weight excluding hydrogens is 518 g/mol. The number of fused-ring (bicyclic) bond motifs is 1. The summed E-state index contributed by atoms with van der Waals surface area (Å²) < 4.78 is 14.5. The lowest BCUT2D eigenvalue weighted by Gasteiger charge is -2.18. The minimum Gasteiger partial charge on any atom is -0.341 e. The molecule has 3 aromatic carbocycles. The molecule has 0 saturated heterocycles. The second-order valence-corrected chi connectivity index (χ2v) is 8.79. The molecule has 0 saturated carbocycles. The van der Waals surface area contributed by atoms with Crippen molar-refractivity contribution < 1.29 is 14.0 Å². The van der Waals surface area contributed by atoms with E-state index in [9.17, 15) is 14.0 Å². The number of halogens is 5. The van der Waals surface area contributed by atoms with Gasteiger partial charge in [-0.25, -0.2) is 4.39 Å². The molecule has 0 bridgehead atoms. The van der Waals surface area contributed by atoms with Gasteiger partial charge in [-0.1, -0.05) is 50.7 Å². The third-order valence-corrected chi connectivity index (χ3v) is 5.83. The van der Waals surface area contributed by atoms with Gasteiger partial charge in [-0.05, 0) is 48.5 Å². The van der Waals surface area contributed by atoms with Gasteiger partial charge in [0.2, 0.25) is 0 Å². The van der Waals surface area contributed by atoms with Crippen LogP contribution in [0.15, 0.2) is 53.0 Å². The van der Waals surface area contributed by atoms with Gasteiger partial charge in [-0.3, -0.25) is 9.59 Å². The lowest BCUT2D eigenvalue weighted by Crippen LogP contribution is -2.21. The highest BCUT2D eigenvalue weighted by atomic mass is 79.9. The van der Waals surface area contributed by atoms with E-state index in [0.717, 1.165) is 0 Å². The van der Waals surface area contributed by atoms with Crippen LogP contribution in [0.25, 0.3) is 0 Å². The highest BCUT2D eigenvalue weighted by Crippen LogP contribution is 2.41. The maximum Gasteiger partial charge on any atom is 0.255 e. The van der Waals surface area contributed by atoms with Crippen LogP contribution < -0.4 is 10.6 Å². The van der Waals surface area contributed by atoms with Crippen LogP contribution in [0, 0.1) is 5.82 Å². The molecular formula is C21H11BrCl3FN2O2. The Morgan fingerprint density at radius 1 is 1.03 bits per heavy atom. The molecule has 0 spiro atoms. The number of hydrogen-bond donors (Lipinski definition) is 2. The molecule has 0 aliphatic carbocycles. The Balaban J connectivity index is 1.81. The fraction of sp³-hybridized carbons (Fsp3) is 0.0476. The van der Waals surface area contributed by atoms with E-state index < -0.39 is 17.8 Å². The summed E-state index contributed by atoms with van der Waals surface area (Å²) in [5.41, 5.74) is 1.82. The zero-order valence-electron chi connectivity index (χ0n) is 14.9. The van der Waals surface area contributed by atoms with Crippen LogP contribution in [-0.4, -0.2) is 11.8 Å². The summed E-state index contributed by atoms with van der Waals surface area (Å²) in [6.07, 6.45) is 0. The Labute approximate surface area is 194 Å². The van der Waals surface area contributed by atoms with E-state index in [-0.39, 0.29) is 16.5 Å². The van der Waals surface area contributed by atoms with Gasteiger partial charge in [-0.2, -0.15) is 0 Å². The van der Waals surface area contributed by atoms with Gasteiger partial charge in [0.05, 0.1) is 6.04 Å². The molecule has 1 atom stereocenters. The number of benzene rings is 3. The Hall–Kier alpha value is -2.12. The average molecular weight is 529 g/mol. The number of nitrogens with one attached hydrogen (secondary N) is 2. The number of hydrogen-bond acceptors (Lipinski definition) is 2. The largest absolute Gasteiger partial charge is 0.341 e. The second-order valence-electron chi connectivity index (χ2n) is 6.60. The first-order valence-electron chi connectivity index (χ1n) is 8.59. The van der Waals surface area contributed by atoms with Crippen LogP contribution in [0.2, 0.25) is 15.1 Å². The van der Waals surface area contributed by atoms with E-state index in [1.165, 1.54) is 36.4 Å². The van der Waals surface area contributed by atoms with Crippen molar-refractivity contribution in [3.8, 4) is 0 Å². The highest BCUT2D eigenvalue weighted by Gasteiger charge is 2.34. The second kappa shape index (κ2) is 8.19. The zero-order valence-corrected chi connectivity index (χ0v) is 18.8. The minimum absolute atomic E-state index is 0.249. The fourth-order valence-electron chi connectivity index (χ4n) is 3.35. The summed E-state index contributed by atoms with van der Waals surface area (Å²) in [6, 6.07) is 10.9. The van der Waals surface area contributed by atoms with Gasteiger partial charge in [0.15, 0.2) is 0 Å². The van der Waals surface area contributed by atoms with E-state index >= 15 is 0 Å². The molecule has 152 valence electrons. The SMILES string of the molecule is O=C(Nc1cc(Br)cc2c1C(c1cc(F)ccc1Cl)NC2=O)c1cc(Cl)cc(Cl)c1. The summed E-state index contributed by atoms with van der Waals surface area (Å²) in [6.45, 7) is 0. The molecule has 2 amide bonds. The normalized spacial score (nSPS) is 15.0. The van der Waals surface area contributed by atoms with Gasteiger partial charge < -0.3 is 10.6 Å². The van der Waals surface area contributed by atoms with Crippen LogP contribution in [0.3, 0.4) is 0 Å². The van der Waals surface area contributed by atoms with Crippen LogP contribution in [0.5, 0.6) is 0 Å². The first-order valence-corrected chi connectivity index (χ1v) is 10.5. The maximum atomic E-state index is 13.9. The number of rotatable bonds is 3. The lowest BCUT2D eigenvalue weighted by molar-refractivity contribution is 0.0959. The van der Waals surface area contributed by atoms with E-state index in [2.05, 4.69) is 26.6 Å². The minimum atomic E-state index is -0.734. The fourth-order valence-corrected chi connectivity index (χ4v) is 4.56. The van der Waals surface area contributed by atoms with Gasteiger partial charge in [0.25, 0.3) is 11.8 Å². The van der Waals surface area contributed by atoms with E-state index in [1.54, 1.807) is 12.1 Å². The van der Waals surface area contributed by atoms with Crippen molar-refractivity contribution >= 4 is 68.2 Å². The van der Waals surface area contributed by atoms with Crippen molar-refractivity contribution in [2.75, 3.05) is 5.32 Å². The van der Waals surface area contributed by atoms with Crippen LogP contribution in [0.4, 0.5) is 10.1 Å². The monoisotopic (exact) mass is 526 g/mol. The summed E-state index contributed by atoms with van der Waals surface area (Å²) in [5, 5.41) is 6.51. The van der Waals surface area contributed by atoms with Crippen molar-refractivity contribution in [2.45, 2.75) is 6.04 Å². The van der Waals surface area contributed by atoms with Crippen molar-refractivity contribution in [3.63, 3.8) is 0 Å². The molecule has 3 aromatic rings. The molecule has 0 aromatic heterocycles. The molecule has 2 N–H and O–H groups in total. The van der Waals surface area contributed by atoms with Crippen molar-refractivity contribution in [3.05, 3.63) is 96.1 Å². The smallest absolute Gasteiger partial charge is 0.255 e. The molecule has 1 heterocycles. The Morgan fingerprint density at radius 3 is 2.43 bits per heavy atom. The first-order chi connectivity index (χ1) is 14.2. The predicted molar refractivity (Wildman–Crippen MR) is 119 cm³/mol. The van der Waals surface area contributed by atoms with Crippen LogP contribution in [-0.2, 0) is 0 Å². The molecule has 1 aliphatic rings. The van der Waals surface area contributed by atoms with E-state index in [0.29, 0.717) is 36.9 Å². The maximum absolute atomic E-state index is 13.9. The number of anilines is 1. The topological polar surface area (TPSA) is 58.2 Å². The third-order valence-electron chi connectivity index (χ3n) is 4.60. The van der Waals surface area contributed by atoms with Crippen LogP contribution >= 0.6 is 50.7 Å². The summed E-state index contributed by atoms with van der Waals surface area (Å²) in [7, 11) is 0. The van der Waals surface area contributed by atoms with Gasteiger partial charge in [-0.15, -0.1) is 0 Å². The Bertz CT molecular complexity index is 1200. The van der Waals surface area contributed by atoms with Gasteiger partial charge in [0.1, 0.15) is 5.82 Å². The van der Waals surface area contributed by atoms with Gasteiger partial charge in [0, 0.05) is 47.5 Å². The first kappa shape index (κ1) is 21.1. The summed E-state index contributed by atoms with van der Waals surface area (Å²) >= 11 is 21.6. The van der Waals surface area contributed by atoms with E-state index in [4.69, 9.17) is 34.8 Å².